The second-order valence-corrected chi connectivity index (χ2v) is 2.59. The van der Waals surface area contributed by atoms with Crippen LogP contribution in [0.2, 0.25) is 5.15 Å². The molecule has 0 aliphatic heterocycles. The molecule has 1 aromatic rings. The summed E-state index contributed by atoms with van der Waals surface area (Å²) in [6, 6.07) is 0.704. The summed E-state index contributed by atoms with van der Waals surface area (Å²) in [7, 11) is 0. The topological polar surface area (TPSA) is 12.9 Å². The summed E-state index contributed by atoms with van der Waals surface area (Å²) < 4.78 is 36.8. The van der Waals surface area contributed by atoms with E-state index in [4.69, 9.17) is 11.6 Å². The van der Waals surface area contributed by atoms with Crippen LogP contribution in [-0.2, 0) is 0 Å². The van der Waals surface area contributed by atoms with Crippen molar-refractivity contribution in [2.75, 3.05) is 0 Å². The highest BCUT2D eigenvalue weighted by Crippen LogP contribution is 2.26. The average molecular weight is 196 g/mol. The molecule has 0 aliphatic carbocycles. The van der Waals surface area contributed by atoms with Crippen LogP contribution in [0.1, 0.15) is 17.7 Å². The highest BCUT2D eigenvalue weighted by atomic mass is 35.5. The Morgan fingerprint density at radius 2 is 2.08 bits per heavy atom. The van der Waals surface area contributed by atoms with Gasteiger partial charge in [0.05, 0.1) is 11.3 Å². The highest BCUT2D eigenvalue weighted by Gasteiger charge is 2.15. The fourth-order valence-corrected chi connectivity index (χ4v) is 0.983. The molecule has 0 unspecified atom stereocenters. The van der Waals surface area contributed by atoms with Gasteiger partial charge in [-0.3, -0.25) is 0 Å². The van der Waals surface area contributed by atoms with Crippen molar-refractivity contribution in [1.82, 2.24) is 4.98 Å². The SMILES string of the molecule is Cc1nc(Cl)c(C(F)F)cc1F. The van der Waals surface area contributed by atoms with Crippen molar-refractivity contribution >= 4 is 11.6 Å². The molecule has 0 N–H and O–H groups in total. The minimum Gasteiger partial charge on any atom is -0.238 e. The Balaban J connectivity index is 3.23. The van der Waals surface area contributed by atoms with Crippen molar-refractivity contribution < 1.29 is 13.2 Å². The Morgan fingerprint density at radius 1 is 1.50 bits per heavy atom. The molecule has 0 aromatic carbocycles. The lowest BCUT2D eigenvalue weighted by Gasteiger charge is -2.03. The number of halogens is 4. The maximum Gasteiger partial charge on any atom is 0.266 e. The zero-order chi connectivity index (χ0) is 9.30. The largest absolute Gasteiger partial charge is 0.266 e. The predicted octanol–water partition coefficient (Wildman–Crippen LogP) is 3.12. The van der Waals surface area contributed by atoms with Gasteiger partial charge in [-0.15, -0.1) is 0 Å². The second kappa shape index (κ2) is 3.31. The van der Waals surface area contributed by atoms with E-state index in [0.29, 0.717) is 6.07 Å². The van der Waals surface area contributed by atoms with Gasteiger partial charge in [0, 0.05) is 0 Å². The summed E-state index contributed by atoms with van der Waals surface area (Å²) in [6.45, 7) is 1.36. The van der Waals surface area contributed by atoms with Crippen molar-refractivity contribution in [3.63, 3.8) is 0 Å². The minimum absolute atomic E-state index is 0.0180. The summed E-state index contributed by atoms with van der Waals surface area (Å²) >= 11 is 5.34. The van der Waals surface area contributed by atoms with Crippen molar-refractivity contribution in [3.05, 3.63) is 28.3 Å². The van der Waals surface area contributed by atoms with E-state index in [0.717, 1.165) is 0 Å². The van der Waals surface area contributed by atoms with Gasteiger partial charge in [-0.1, -0.05) is 11.6 Å². The summed E-state index contributed by atoms with van der Waals surface area (Å²) in [4.78, 5) is 3.40. The van der Waals surface area contributed by atoms with E-state index in [-0.39, 0.29) is 10.8 Å². The highest BCUT2D eigenvalue weighted by molar-refractivity contribution is 6.30. The van der Waals surface area contributed by atoms with Gasteiger partial charge in [0.2, 0.25) is 0 Å². The molecule has 1 rings (SSSR count). The van der Waals surface area contributed by atoms with Crippen LogP contribution in [-0.4, -0.2) is 4.98 Å². The number of pyridine rings is 1. The van der Waals surface area contributed by atoms with Gasteiger partial charge in [-0.2, -0.15) is 0 Å². The zero-order valence-corrected chi connectivity index (χ0v) is 6.87. The number of rotatable bonds is 1. The summed E-state index contributed by atoms with van der Waals surface area (Å²) in [5.41, 5.74) is -0.552. The van der Waals surface area contributed by atoms with Gasteiger partial charge in [0.15, 0.2) is 0 Å². The van der Waals surface area contributed by atoms with Gasteiger partial charge >= 0.3 is 0 Å². The molecule has 1 aromatic heterocycles. The molecular formula is C7H5ClF3N. The molecule has 0 bridgehead atoms. The van der Waals surface area contributed by atoms with Crippen LogP contribution in [0.3, 0.4) is 0 Å². The Morgan fingerprint density at radius 3 is 2.58 bits per heavy atom. The van der Waals surface area contributed by atoms with E-state index in [1.165, 1.54) is 6.92 Å². The first kappa shape index (κ1) is 9.32. The maximum absolute atomic E-state index is 12.7. The third-order valence-electron chi connectivity index (χ3n) is 1.37. The van der Waals surface area contributed by atoms with Crippen LogP contribution in [0.4, 0.5) is 13.2 Å². The molecule has 0 saturated heterocycles. The predicted molar refractivity (Wildman–Crippen MR) is 38.9 cm³/mol. The number of aryl methyl sites for hydroxylation is 1. The van der Waals surface area contributed by atoms with E-state index in [2.05, 4.69) is 4.98 Å². The molecule has 0 saturated carbocycles. The summed E-state index contributed by atoms with van der Waals surface area (Å²) in [6.07, 6.45) is -2.79. The number of aromatic nitrogens is 1. The average Bonchev–Trinajstić information content (AvgIpc) is 1.96. The van der Waals surface area contributed by atoms with Gasteiger partial charge < -0.3 is 0 Å². The molecule has 0 spiro atoms. The second-order valence-electron chi connectivity index (χ2n) is 2.24. The Bertz CT molecular complexity index is 301. The normalized spacial score (nSPS) is 10.8. The molecule has 12 heavy (non-hydrogen) atoms. The molecule has 0 aliphatic rings. The van der Waals surface area contributed by atoms with Crippen molar-refractivity contribution in [3.8, 4) is 0 Å². The molecule has 0 atom stereocenters. The first-order chi connectivity index (χ1) is 5.52. The van der Waals surface area contributed by atoms with Crippen LogP contribution >= 0.6 is 11.6 Å². The maximum atomic E-state index is 12.7. The molecule has 66 valence electrons. The molecule has 0 radical (unpaired) electrons. The Labute approximate surface area is 72.2 Å². The monoisotopic (exact) mass is 195 g/mol. The van der Waals surface area contributed by atoms with Crippen LogP contribution in [0, 0.1) is 12.7 Å². The summed E-state index contributed by atoms with van der Waals surface area (Å²) in [5, 5.41) is -0.344. The minimum atomic E-state index is -2.79. The van der Waals surface area contributed by atoms with E-state index in [1.807, 2.05) is 0 Å². The molecule has 0 amide bonds. The van der Waals surface area contributed by atoms with Gasteiger partial charge in [0.1, 0.15) is 11.0 Å². The van der Waals surface area contributed by atoms with E-state index in [1.54, 1.807) is 0 Å². The van der Waals surface area contributed by atoms with E-state index < -0.39 is 17.8 Å². The number of alkyl halides is 2. The van der Waals surface area contributed by atoms with E-state index in [9.17, 15) is 13.2 Å². The lowest BCUT2D eigenvalue weighted by Crippen LogP contribution is -1.95. The smallest absolute Gasteiger partial charge is 0.238 e. The standard InChI is InChI=1S/C7H5ClF3N/c1-3-5(9)2-4(7(10)11)6(8)12-3/h2,7H,1H3. The Hall–Kier alpha value is -0.770. The first-order valence-corrected chi connectivity index (χ1v) is 3.51. The van der Waals surface area contributed by atoms with Crippen LogP contribution < -0.4 is 0 Å². The molecular weight excluding hydrogens is 191 g/mol. The number of hydrogen-bond acceptors (Lipinski definition) is 1. The van der Waals surface area contributed by atoms with Crippen molar-refractivity contribution in [2.24, 2.45) is 0 Å². The van der Waals surface area contributed by atoms with Gasteiger partial charge in [-0.25, -0.2) is 18.2 Å². The number of hydrogen-bond donors (Lipinski definition) is 0. The van der Waals surface area contributed by atoms with Crippen LogP contribution in [0.25, 0.3) is 0 Å². The van der Waals surface area contributed by atoms with E-state index >= 15 is 0 Å². The Kier molecular flexibility index (Phi) is 2.57. The van der Waals surface area contributed by atoms with Gasteiger partial charge in [-0.05, 0) is 13.0 Å². The quantitative estimate of drug-likeness (QED) is 0.628. The third kappa shape index (κ3) is 1.69. The fraction of sp³-hybridized carbons (Fsp3) is 0.286. The van der Waals surface area contributed by atoms with Crippen LogP contribution in [0.15, 0.2) is 6.07 Å². The summed E-state index contributed by atoms with van der Waals surface area (Å²) in [5.74, 6) is -0.769. The molecule has 1 heterocycles. The number of nitrogens with zero attached hydrogens (tertiary/aromatic N) is 1. The van der Waals surface area contributed by atoms with Gasteiger partial charge in [0.25, 0.3) is 6.43 Å². The third-order valence-corrected chi connectivity index (χ3v) is 1.67. The fourth-order valence-electron chi connectivity index (χ4n) is 0.719. The molecule has 0 fully saturated rings. The zero-order valence-electron chi connectivity index (χ0n) is 6.11. The molecule has 5 heteroatoms. The van der Waals surface area contributed by atoms with Crippen molar-refractivity contribution in [2.45, 2.75) is 13.3 Å². The van der Waals surface area contributed by atoms with Crippen LogP contribution in [0.5, 0.6) is 0 Å². The lowest BCUT2D eigenvalue weighted by molar-refractivity contribution is 0.150. The first-order valence-electron chi connectivity index (χ1n) is 3.13. The lowest BCUT2D eigenvalue weighted by atomic mass is 10.2. The van der Waals surface area contributed by atoms with Crippen molar-refractivity contribution in [1.29, 1.82) is 0 Å². The molecule has 1 nitrogen and oxygen atoms in total.